The Kier molecular flexibility index (Phi) is 5.45. The molecule has 0 amide bonds. The first-order valence-electron chi connectivity index (χ1n) is 11.7. The maximum absolute atomic E-state index is 15.3. The van der Waals surface area contributed by atoms with Crippen LogP contribution in [0.4, 0.5) is 4.39 Å². The lowest BCUT2D eigenvalue weighted by molar-refractivity contribution is -0.120. The van der Waals surface area contributed by atoms with Gasteiger partial charge in [-0.2, -0.15) is 0 Å². The molecule has 2 aromatic carbocycles. The molecule has 2 heterocycles. The third kappa shape index (κ3) is 3.87. The van der Waals surface area contributed by atoms with E-state index in [-0.39, 0.29) is 37.6 Å². The number of hydrogen-bond acceptors (Lipinski definition) is 5. The van der Waals surface area contributed by atoms with E-state index in [4.69, 9.17) is 9.47 Å². The molecule has 2 N–H and O–H groups in total. The minimum absolute atomic E-state index is 0.00389. The molecular weight excluding hydrogens is 437 g/mol. The average Bonchev–Trinajstić information content (AvgIpc) is 3.35. The van der Waals surface area contributed by atoms with Gasteiger partial charge >= 0.3 is 0 Å². The van der Waals surface area contributed by atoms with E-state index in [0.717, 1.165) is 29.5 Å². The number of carbonyl (C=O) groups is 1. The van der Waals surface area contributed by atoms with Crippen LogP contribution in [0.3, 0.4) is 0 Å². The number of aliphatic hydroxyl groups excluding tert-OH is 2. The lowest BCUT2D eigenvalue weighted by Crippen LogP contribution is -2.25. The number of fused-ring (bicyclic) bond motifs is 2. The molecule has 0 saturated heterocycles. The van der Waals surface area contributed by atoms with Gasteiger partial charge in [-0.3, -0.25) is 4.79 Å². The highest BCUT2D eigenvalue weighted by molar-refractivity contribution is 5.95. The van der Waals surface area contributed by atoms with Crippen molar-refractivity contribution < 1.29 is 28.9 Å². The van der Waals surface area contributed by atoms with Crippen LogP contribution in [0.25, 0.3) is 10.9 Å². The number of Topliss-reactive ketones (excluding diaryl/α,β-unsaturated/α-hetero) is 1. The van der Waals surface area contributed by atoms with Crippen LogP contribution in [0.5, 0.6) is 11.5 Å². The summed E-state index contributed by atoms with van der Waals surface area (Å²) in [4.78, 5) is 13.4. The molecule has 3 aromatic rings. The molecule has 1 saturated carbocycles. The van der Waals surface area contributed by atoms with Gasteiger partial charge in [-0.25, -0.2) is 4.39 Å². The molecule has 5 rings (SSSR count). The molecule has 1 atom stereocenters. The SMILES string of the molecule is CC(C)(C)c1cc2cc(CC(=O)C3(c4ccc5c(c4)OCO5)CC3)c(F)cc2n1C[C@H](O)CO. The van der Waals surface area contributed by atoms with E-state index in [1.165, 1.54) is 6.07 Å². The molecule has 7 heteroatoms. The van der Waals surface area contributed by atoms with E-state index >= 15 is 4.39 Å². The van der Waals surface area contributed by atoms with Gasteiger partial charge in [0, 0.05) is 22.9 Å². The largest absolute Gasteiger partial charge is 0.454 e. The highest BCUT2D eigenvalue weighted by atomic mass is 19.1. The summed E-state index contributed by atoms with van der Waals surface area (Å²) in [5.41, 5.74) is 1.97. The molecule has 1 aromatic heterocycles. The monoisotopic (exact) mass is 467 g/mol. The lowest BCUT2D eigenvalue weighted by atomic mass is 9.87. The molecule has 0 bridgehead atoms. The normalized spacial score (nSPS) is 17.2. The molecule has 34 heavy (non-hydrogen) atoms. The maximum Gasteiger partial charge on any atom is 0.231 e. The third-order valence-electron chi connectivity index (χ3n) is 7.00. The fourth-order valence-corrected chi connectivity index (χ4v) is 4.94. The Balaban J connectivity index is 1.47. The molecule has 0 unspecified atom stereocenters. The van der Waals surface area contributed by atoms with Crippen molar-refractivity contribution >= 4 is 16.7 Å². The summed E-state index contributed by atoms with van der Waals surface area (Å²) in [5.74, 6) is 0.871. The summed E-state index contributed by atoms with van der Waals surface area (Å²) < 4.78 is 28.0. The van der Waals surface area contributed by atoms with Gasteiger partial charge in [0.2, 0.25) is 6.79 Å². The van der Waals surface area contributed by atoms with Crippen molar-refractivity contribution in [1.29, 1.82) is 0 Å². The van der Waals surface area contributed by atoms with E-state index in [1.807, 2.05) is 49.6 Å². The molecule has 6 nitrogen and oxygen atoms in total. The number of aliphatic hydroxyl groups is 2. The Morgan fingerprint density at radius 1 is 1.15 bits per heavy atom. The van der Waals surface area contributed by atoms with Gasteiger partial charge < -0.3 is 24.3 Å². The number of ether oxygens (including phenoxy) is 2. The first-order chi connectivity index (χ1) is 16.1. The summed E-state index contributed by atoms with van der Waals surface area (Å²) in [5, 5.41) is 20.2. The van der Waals surface area contributed by atoms with Crippen LogP contribution >= 0.6 is 0 Å². The molecule has 1 aliphatic heterocycles. The highest BCUT2D eigenvalue weighted by Crippen LogP contribution is 2.51. The zero-order valence-corrected chi connectivity index (χ0v) is 19.7. The van der Waals surface area contributed by atoms with E-state index < -0.39 is 17.3 Å². The zero-order valence-electron chi connectivity index (χ0n) is 19.7. The minimum atomic E-state index is -0.947. The Labute approximate surface area is 197 Å². The highest BCUT2D eigenvalue weighted by Gasteiger charge is 2.51. The summed E-state index contributed by atoms with van der Waals surface area (Å²) in [6, 6.07) is 10.8. The second-order valence-electron chi connectivity index (χ2n) is 10.5. The van der Waals surface area contributed by atoms with Crippen LogP contribution in [0.15, 0.2) is 36.4 Å². The molecular formula is C27H30FNO5. The van der Waals surface area contributed by atoms with Gasteiger partial charge in [0.05, 0.1) is 30.2 Å². The second-order valence-corrected chi connectivity index (χ2v) is 10.5. The van der Waals surface area contributed by atoms with Crippen LogP contribution in [-0.4, -0.2) is 40.1 Å². The number of ketones is 1. The van der Waals surface area contributed by atoms with Crippen LogP contribution in [-0.2, 0) is 28.6 Å². The van der Waals surface area contributed by atoms with E-state index in [2.05, 4.69) is 0 Å². The number of halogens is 1. The van der Waals surface area contributed by atoms with Gasteiger partial charge in [-0.1, -0.05) is 26.8 Å². The number of aromatic nitrogens is 1. The minimum Gasteiger partial charge on any atom is -0.454 e. The smallest absolute Gasteiger partial charge is 0.231 e. The fraction of sp³-hybridized carbons (Fsp3) is 0.444. The fourth-order valence-electron chi connectivity index (χ4n) is 4.94. The van der Waals surface area contributed by atoms with Crippen LogP contribution in [0.1, 0.15) is 50.4 Å². The first-order valence-corrected chi connectivity index (χ1v) is 11.7. The average molecular weight is 468 g/mol. The van der Waals surface area contributed by atoms with E-state index in [1.54, 1.807) is 6.07 Å². The predicted molar refractivity (Wildman–Crippen MR) is 126 cm³/mol. The summed E-state index contributed by atoms with van der Waals surface area (Å²) in [6.45, 7) is 6.11. The molecule has 0 radical (unpaired) electrons. The number of benzene rings is 2. The molecule has 2 aliphatic rings. The lowest BCUT2D eigenvalue weighted by Gasteiger charge is -2.23. The van der Waals surface area contributed by atoms with Crippen molar-refractivity contribution in [2.75, 3.05) is 13.4 Å². The predicted octanol–water partition coefficient (Wildman–Crippen LogP) is 4.00. The van der Waals surface area contributed by atoms with Crippen molar-refractivity contribution in [2.45, 2.75) is 63.5 Å². The standard InChI is InChI=1S/C27H30FNO5/c1-26(2,3)24-9-17-8-16(20(28)12-21(17)29(24)13-19(31)14-30)10-25(32)27(6-7-27)18-4-5-22-23(11-18)34-15-33-22/h4-5,8-9,11-12,19,30-31H,6-7,10,13-15H2,1-3H3/t19-/m0/s1. The van der Waals surface area contributed by atoms with Gasteiger partial charge in [-0.15, -0.1) is 0 Å². The third-order valence-corrected chi connectivity index (χ3v) is 7.00. The number of hydrogen-bond donors (Lipinski definition) is 2. The molecule has 1 aliphatic carbocycles. The van der Waals surface area contributed by atoms with Crippen molar-refractivity contribution in [3.8, 4) is 11.5 Å². The van der Waals surface area contributed by atoms with E-state index in [9.17, 15) is 15.0 Å². The Morgan fingerprint density at radius 2 is 1.88 bits per heavy atom. The van der Waals surface area contributed by atoms with Crippen molar-refractivity contribution in [2.24, 2.45) is 0 Å². The molecule has 1 fully saturated rings. The van der Waals surface area contributed by atoms with Gasteiger partial charge in [0.25, 0.3) is 0 Å². The molecule has 180 valence electrons. The maximum atomic E-state index is 15.3. The van der Waals surface area contributed by atoms with E-state index in [0.29, 0.717) is 22.6 Å². The summed E-state index contributed by atoms with van der Waals surface area (Å²) in [6.07, 6.45) is 0.529. The number of rotatable bonds is 7. The summed E-state index contributed by atoms with van der Waals surface area (Å²) >= 11 is 0. The van der Waals surface area contributed by atoms with Crippen molar-refractivity contribution in [3.05, 3.63) is 59.0 Å². The van der Waals surface area contributed by atoms with Crippen molar-refractivity contribution in [1.82, 2.24) is 4.57 Å². The van der Waals surface area contributed by atoms with Crippen LogP contribution in [0.2, 0.25) is 0 Å². The Hall–Kier alpha value is -2.90. The first kappa shape index (κ1) is 22.9. The van der Waals surface area contributed by atoms with Gasteiger partial charge in [0.1, 0.15) is 11.6 Å². The summed E-state index contributed by atoms with van der Waals surface area (Å²) in [7, 11) is 0. The Bertz CT molecular complexity index is 1270. The second kappa shape index (κ2) is 8.10. The van der Waals surface area contributed by atoms with Crippen LogP contribution < -0.4 is 9.47 Å². The van der Waals surface area contributed by atoms with Crippen molar-refractivity contribution in [3.63, 3.8) is 0 Å². The Morgan fingerprint density at radius 3 is 2.56 bits per heavy atom. The quantitative estimate of drug-likeness (QED) is 0.549. The van der Waals surface area contributed by atoms with Gasteiger partial charge in [-0.05, 0) is 54.3 Å². The van der Waals surface area contributed by atoms with Crippen LogP contribution in [0, 0.1) is 5.82 Å². The number of carbonyl (C=O) groups excluding carboxylic acids is 1. The topological polar surface area (TPSA) is 80.9 Å². The number of nitrogens with zero attached hydrogens (tertiary/aromatic N) is 1. The zero-order chi connectivity index (χ0) is 24.3. The van der Waals surface area contributed by atoms with Gasteiger partial charge in [0.15, 0.2) is 11.5 Å². The molecule has 0 spiro atoms.